The lowest BCUT2D eigenvalue weighted by Gasteiger charge is -2.08. The summed E-state index contributed by atoms with van der Waals surface area (Å²) in [5, 5.41) is 14.5. The van der Waals surface area contributed by atoms with Crippen molar-refractivity contribution in [2.24, 2.45) is 5.10 Å². The van der Waals surface area contributed by atoms with Gasteiger partial charge >= 0.3 is 5.00 Å². The first-order valence-electron chi connectivity index (χ1n) is 8.48. The van der Waals surface area contributed by atoms with Gasteiger partial charge in [0.2, 0.25) is 0 Å². The van der Waals surface area contributed by atoms with Gasteiger partial charge in [-0.2, -0.15) is 5.10 Å². The number of nitro groups is 1. The molecule has 0 radical (unpaired) electrons. The van der Waals surface area contributed by atoms with Crippen molar-refractivity contribution in [1.29, 1.82) is 0 Å². The van der Waals surface area contributed by atoms with Gasteiger partial charge in [0.1, 0.15) is 18.1 Å². The molecule has 0 fully saturated rings. The van der Waals surface area contributed by atoms with Gasteiger partial charge < -0.3 is 9.47 Å². The topological polar surface area (TPSA) is 103 Å². The highest BCUT2D eigenvalue weighted by atomic mass is 32.1. The molecule has 0 spiro atoms. The van der Waals surface area contributed by atoms with Crippen molar-refractivity contribution in [1.82, 2.24) is 5.43 Å². The van der Waals surface area contributed by atoms with Crippen LogP contribution in [0.1, 0.15) is 20.8 Å². The molecule has 1 amide bonds. The van der Waals surface area contributed by atoms with Crippen molar-refractivity contribution in [3.8, 4) is 11.5 Å². The average Bonchev–Trinajstić information content (AvgIpc) is 3.22. The van der Waals surface area contributed by atoms with Gasteiger partial charge in [0.05, 0.1) is 23.1 Å². The highest BCUT2D eigenvalue weighted by molar-refractivity contribution is 7.16. The van der Waals surface area contributed by atoms with E-state index in [4.69, 9.17) is 9.47 Å². The third kappa shape index (κ3) is 5.63. The summed E-state index contributed by atoms with van der Waals surface area (Å²) in [7, 11) is 1.61. The largest absolute Gasteiger partial charge is 0.497 e. The van der Waals surface area contributed by atoms with Gasteiger partial charge in [0, 0.05) is 11.6 Å². The van der Waals surface area contributed by atoms with Crippen LogP contribution in [0.4, 0.5) is 5.00 Å². The zero-order chi connectivity index (χ0) is 20.6. The minimum absolute atomic E-state index is 0.0160. The Morgan fingerprint density at radius 1 is 1.17 bits per heavy atom. The number of carbonyl (C=O) groups excluding carboxylic acids is 1. The van der Waals surface area contributed by atoms with Crippen molar-refractivity contribution in [2.45, 2.75) is 6.61 Å². The second kappa shape index (κ2) is 9.47. The molecular weight excluding hydrogens is 394 g/mol. The van der Waals surface area contributed by atoms with Crippen LogP contribution in [-0.2, 0) is 6.61 Å². The van der Waals surface area contributed by atoms with E-state index in [0.717, 1.165) is 22.6 Å². The maximum Gasteiger partial charge on any atom is 0.324 e. The lowest BCUT2D eigenvalue weighted by molar-refractivity contribution is -0.380. The second-order valence-electron chi connectivity index (χ2n) is 5.80. The molecule has 1 aromatic heterocycles. The molecular formula is C20H17N3O5S. The third-order valence-corrected chi connectivity index (χ3v) is 4.78. The third-order valence-electron chi connectivity index (χ3n) is 3.81. The molecule has 1 heterocycles. The van der Waals surface area contributed by atoms with E-state index in [0.29, 0.717) is 22.8 Å². The number of rotatable bonds is 8. The number of benzene rings is 2. The van der Waals surface area contributed by atoms with Crippen LogP contribution in [0.2, 0.25) is 0 Å². The molecule has 0 saturated heterocycles. The van der Waals surface area contributed by atoms with E-state index in [1.54, 1.807) is 37.4 Å². The summed E-state index contributed by atoms with van der Waals surface area (Å²) in [4.78, 5) is 22.9. The van der Waals surface area contributed by atoms with Crippen molar-refractivity contribution in [3.05, 3.63) is 86.8 Å². The molecule has 3 aromatic rings. The molecule has 1 N–H and O–H groups in total. The number of ether oxygens (including phenoxy) is 2. The van der Waals surface area contributed by atoms with E-state index >= 15 is 0 Å². The zero-order valence-electron chi connectivity index (χ0n) is 15.4. The number of nitrogens with zero attached hydrogens (tertiary/aromatic N) is 2. The number of carbonyl (C=O) groups is 1. The van der Waals surface area contributed by atoms with Gasteiger partial charge in [-0.25, -0.2) is 5.43 Å². The summed E-state index contributed by atoms with van der Waals surface area (Å²) < 4.78 is 10.9. The van der Waals surface area contributed by atoms with E-state index < -0.39 is 10.8 Å². The summed E-state index contributed by atoms with van der Waals surface area (Å²) in [5.74, 6) is 0.987. The molecule has 29 heavy (non-hydrogen) atoms. The Morgan fingerprint density at radius 2 is 1.97 bits per heavy atom. The van der Waals surface area contributed by atoms with Crippen LogP contribution in [-0.4, -0.2) is 24.2 Å². The molecule has 2 aromatic carbocycles. The van der Waals surface area contributed by atoms with Gasteiger partial charge in [-0.15, -0.1) is 0 Å². The molecule has 0 saturated carbocycles. The van der Waals surface area contributed by atoms with E-state index in [1.165, 1.54) is 12.3 Å². The lowest BCUT2D eigenvalue weighted by Crippen LogP contribution is -2.17. The van der Waals surface area contributed by atoms with Crippen LogP contribution in [0.5, 0.6) is 11.5 Å². The average molecular weight is 411 g/mol. The Labute approximate surface area is 170 Å². The van der Waals surface area contributed by atoms with Crippen LogP contribution in [0, 0.1) is 10.1 Å². The fourth-order valence-corrected chi connectivity index (χ4v) is 3.05. The molecule has 8 nitrogen and oxygen atoms in total. The molecule has 0 aliphatic carbocycles. The standard InChI is InChI=1S/C20H17N3O5S/c1-27-17-4-2-3-14(11-17)13-28-16-7-5-15(6-8-16)20(24)22-21-12-18-9-10-19(29-18)23(25)26/h2-12H,13H2,1H3,(H,22,24)/b21-12+. The van der Waals surface area contributed by atoms with Crippen molar-refractivity contribution in [3.63, 3.8) is 0 Å². The normalized spacial score (nSPS) is 10.7. The Balaban J connectivity index is 1.52. The highest BCUT2D eigenvalue weighted by Gasteiger charge is 2.09. The smallest absolute Gasteiger partial charge is 0.324 e. The minimum Gasteiger partial charge on any atom is -0.497 e. The van der Waals surface area contributed by atoms with Crippen molar-refractivity contribution < 1.29 is 19.2 Å². The first-order chi connectivity index (χ1) is 14.0. The quantitative estimate of drug-likeness (QED) is 0.343. The van der Waals surface area contributed by atoms with Gasteiger partial charge in [-0.05, 0) is 48.0 Å². The monoisotopic (exact) mass is 411 g/mol. The molecule has 0 aliphatic heterocycles. The van der Waals surface area contributed by atoms with Crippen LogP contribution < -0.4 is 14.9 Å². The maximum atomic E-state index is 12.1. The fourth-order valence-electron chi connectivity index (χ4n) is 2.36. The zero-order valence-corrected chi connectivity index (χ0v) is 16.2. The van der Waals surface area contributed by atoms with E-state index in [9.17, 15) is 14.9 Å². The molecule has 0 unspecified atom stereocenters. The number of thiophene rings is 1. The SMILES string of the molecule is COc1cccc(COc2ccc(C(=O)N/N=C/c3ccc([N+](=O)[O-])s3)cc2)c1. The Morgan fingerprint density at radius 3 is 2.66 bits per heavy atom. The molecule has 148 valence electrons. The predicted molar refractivity (Wildman–Crippen MR) is 110 cm³/mol. The second-order valence-corrected chi connectivity index (χ2v) is 6.89. The number of nitrogens with one attached hydrogen (secondary N) is 1. The summed E-state index contributed by atoms with van der Waals surface area (Å²) in [6.45, 7) is 0.375. The summed E-state index contributed by atoms with van der Waals surface area (Å²) in [5.41, 5.74) is 3.77. The van der Waals surface area contributed by atoms with Crippen LogP contribution in [0.15, 0.2) is 65.8 Å². The van der Waals surface area contributed by atoms with Crippen LogP contribution in [0.25, 0.3) is 0 Å². The van der Waals surface area contributed by atoms with Crippen molar-refractivity contribution >= 4 is 28.5 Å². The molecule has 0 atom stereocenters. The number of hydrogen-bond acceptors (Lipinski definition) is 7. The lowest BCUT2D eigenvalue weighted by atomic mass is 10.2. The Hall–Kier alpha value is -3.72. The summed E-state index contributed by atoms with van der Waals surface area (Å²) in [6, 6.07) is 17.2. The van der Waals surface area contributed by atoms with E-state index in [-0.39, 0.29) is 5.00 Å². The molecule has 3 rings (SSSR count). The highest BCUT2D eigenvalue weighted by Crippen LogP contribution is 2.22. The predicted octanol–water partition coefficient (Wildman–Crippen LogP) is 4.01. The van der Waals surface area contributed by atoms with Crippen molar-refractivity contribution in [2.75, 3.05) is 7.11 Å². The maximum absolute atomic E-state index is 12.1. The van der Waals surface area contributed by atoms with Crippen LogP contribution in [0.3, 0.4) is 0 Å². The van der Waals surface area contributed by atoms with Gasteiger partial charge in [-0.1, -0.05) is 23.5 Å². The Bertz CT molecular complexity index is 1030. The first kappa shape index (κ1) is 20.0. The van der Waals surface area contributed by atoms with Gasteiger partial charge in [-0.3, -0.25) is 14.9 Å². The van der Waals surface area contributed by atoms with Crippen LogP contribution >= 0.6 is 11.3 Å². The number of hydrogen-bond donors (Lipinski definition) is 1. The molecule has 0 bridgehead atoms. The summed E-state index contributed by atoms with van der Waals surface area (Å²) in [6.07, 6.45) is 1.36. The van der Waals surface area contributed by atoms with Gasteiger partial charge in [0.15, 0.2) is 0 Å². The number of amides is 1. The fraction of sp³-hybridized carbons (Fsp3) is 0.100. The van der Waals surface area contributed by atoms with E-state index in [1.807, 2.05) is 24.3 Å². The van der Waals surface area contributed by atoms with E-state index in [2.05, 4.69) is 10.5 Å². The number of methoxy groups -OCH3 is 1. The molecule has 9 heteroatoms. The molecule has 0 aliphatic rings. The Kier molecular flexibility index (Phi) is 6.54. The van der Waals surface area contributed by atoms with Gasteiger partial charge in [0.25, 0.3) is 5.91 Å². The first-order valence-corrected chi connectivity index (χ1v) is 9.30. The number of hydrazone groups is 1. The minimum atomic E-state index is -0.474. The summed E-state index contributed by atoms with van der Waals surface area (Å²) >= 11 is 0.972.